The van der Waals surface area contributed by atoms with E-state index < -0.39 is 17.6 Å². The topological polar surface area (TPSA) is 76.0 Å². The lowest BCUT2D eigenvalue weighted by molar-refractivity contribution is -0.111. The first-order valence-corrected chi connectivity index (χ1v) is 13.6. The summed E-state index contributed by atoms with van der Waals surface area (Å²) in [7, 11) is 0. The molecule has 0 saturated carbocycles. The summed E-state index contributed by atoms with van der Waals surface area (Å²) in [4.78, 5) is 26.8. The average molecular weight is 551 g/mol. The van der Waals surface area contributed by atoms with Gasteiger partial charge in [0.15, 0.2) is 0 Å². The number of hydrogen-bond donors (Lipinski definition) is 2. The lowest BCUT2D eigenvalue weighted by Crippen LogP contribution is -2.27. The number of halogens is 1. The Morgan fingerprint density at radius 3 is 2.42 bits per heavy atom. The number of nitrogens with one attached hydrogen (secondary N) is 2. The Morgan fingerprint density at radius 2 is 1.73 bits per heavy atom. The second kappa shape index (κ2) is 11.9. The third-order valence-corrected chi connectivity index (χ3v) is 7.32. The lowest BCUT2D eigenvalue weighted by atomic mass is 10.1. The van der Waals surface area contributed by atoms with E-state index in [2.05, 4.69) is 10.6 Å². The van der Waals surface area contributed by atoms with Crippen LogP contribution in [0.1, 0.15) is 40.0 Å². The van der Waals surface area contributed by atoms with Crippen molar-refractivity contribution in [3.8, 4) is 16.3 Å². The summed E-state index contributed by atoms with van der Waals surface area (Å²) in [6.07, 6.45) is 4.92. The van der Waals surface area contributed by atoms with Gasteiger partial charge in [-0.25, -0.2) is 9.07 Å². The van der Waals surface area contributed by atoms with Gasteiger partial charge in [-0.2, -0.15) is 5.10 Å². The van der Waals surface area contributed by atoms with E-state index in [1.807, 2.05) is 91.3 Å². The van der Waals surface area contributed by atoms with Gasteiger partial charge in [-0.15, -0.1) is 11.3 Å². The van der Waals surface area contributed by atoms with Crippen molar-refractivity contribution in [1.29, 1.82) is 0 Å². The zero-order chi connectivity index (χ0) is 28.1. The van der Waals surface area contributed by atoms with Gasteiger partial charge in [-0.3, -0.25) is 9.59 Å². The number of anilines is 1. The van der Waals surface area contributed by atoms with Gasteiger partial charge in [0, 0.05) is 34.7 Å². The van der Waals surface area contributed by atoms with E-state index in [4.69, 9.17) is 5.10 Å². The van der Waals surface area contributed by atoms with Crippen LogP contribution >= 0.6 is 11.3 Å². The molecule has 0 saturated heterocycles. The van der Waals surface area contributed by atoms with E-state index in [-0.39, 0.29) is 22.9 Å². The second-order valence-electron chi connectivity index (χ2n) is 9.25. The predicted molar refractivity (Wildman–Crippen MR) is 158 cm³/mol. The molecule has 5 rings (SSSR count). The summed E-state index contributed by atoms with van der Waals surface area (Å²) in [5.74, 6) is -1.47. The molecule has 2 heterocycles. The molecule has 2 N–H and O–H groups in total. The highest BCUT2D eigenvalue weighted by atomic mass is 32.1. The Hall–Kier alpha value is -4.82. The van der Waals surface area contributed by atoms with Crippen LogP contribution in [-0.4, -0.2) is 21.6 Å². The van der Waals surface area contributed by atoms with Crippen LogP contribution in [0, 0.1) is 12.7 Å². The summed E-state index contributed by atoms with van der Waals surface area (Å²) in [5, 5.41) is 12.3. The SMILES string of the molecule is Cc1c(F)cc(C(=O)NC(C)c2ccccc2)cc1NC(=O)/C=C/c1cn(-c2ccccc2)nc1-c1cccs1. The highest BCUT2D eigenvalue weighted by Crippen LogP contribution is 2.29. The molecule has 0 aliphatic carbocycles. The van der Waals surface area contributed by atoms with E-state index in [0.717, 1.165) is 27.4 Å². The van der Waals surface area contributed by atoms with Crippen molar-refractivity contribution in [3.63, 3.8) is 0 Å². The molecule has 0 aliphatic heterocycles. The third kappa shape index (κ3) is 6.08. The number of para-hydroxylation sites is 1. The third-order valence-electron chi connectivity index (χ3n) is 6.44. The van der Waals surface area contributed by atoms with Gasteiger partial charge in [-0.05, 0) is 61.2 Å². The van der Waals surface area contributed by atoms with Gasteiger partial charge in [-0.1, -0.05) is 54.6 Å². The highest BCUT2D eigenvalue weighted by molar-refractivity contribution is 7.13. The molecule has 0 aliphatic rings. The van der Waals surface area contributed by atoms with Crippen LogP contribution in [0.25, 0.3) is 22.3 Å². The number of amides is 2. The highest BCUT2D eigenvalue weighted by Gasteiger charge is 2.17. The van der Waals surface area contributed by atoms with Crippen LogP contribution < -0.4 is 10.6 Å². The van der Waals surface area contributed by atoms with E-state index in [9.17, 15) is 14.0 Å². The number of nitrogens with zero attached hydrogens (tertiary/aromatic N) is 2. The van der Waals surface area contributed by atoms with Crippen molar-refractivity contribution in [1.82, 2.24) is 15.1 Å². The van der Waals surface area contributed by atoms with Crippen LogP contribution in [0.15, 0.2) is 103 Å². The molecule has 0 radical (unpaired) electrons. The van der Waals surface area contributed by atoms with Crippen LogP contribution in [-0.2, 0) is 4.79 Å². The number of hydrogen-bond acceptors (Lipinski definition) is 4. The molecule has 40 heavy (non-hydrogen) atoms. The van der Waals surface area contributed by atoms with Crippen LogP contribution in [0.2, 0.25) is 0 Å². The van der Waals surface area contributed by atoms with Crippen molar-refractivity contribution in [2.45, 2.75) is 19.9 Å². The summed E-state index contributed by atoms with van der Waals surface area (Å²) in [6, 6.07) is 25.5. The maximum atomic E-state index is 14.8. The van der Waals surface area contributed by atoms with Gasteiger partial charge >= 0.3 is 0 Å². The minimum absolute atomic E-state index is 0.120. The molecule has 2 aromatic heterocycles. The quantitative estimate of drug-likeness (QED) is 0.201. The fourth-order valence-corrected chi connectivity index (χ4v) is 4.94. The van der Waals surface area contributed by atoms with E-state index >= 15 is 0 Å². The second-order valence-corrected chi connectivity index (χ2v) is 10.2. The van der Waals surface area contributed by atoms with Gasteiger partial charge in [0.05, 0.1) is 16.6 Å². The summed E-state index contributed by atoms with van der Waals surface area (Å²) in [5.41, 5.74) is 3.92. The molecule has 1 unspecified atom stereocenters. The summed E-state index contributed by atoms with van der Waals surface area (Å²) in [6.45, 7) is 3.41. The Balaban J connectivity index is 1.35. The van der Waals surface area contributed by atoms with Crippen LogP contribution in [0.3, 0.4) is 0 Å². The molecule has 2 amide bonds. The standard InChI is InChI=1S/C32H27FN4O2S/c1-21-27(33)18-25(32(39)34-22(2)23-10-5-3-6-11-23)19-28(21)35-30(38)16-15-24-20-37(26-12-7-4-8-13-26)36-31(24)29-14-9-17-40-29/h3-20,22H,1-2H3,(H,34,39)(H,35,38)/b16-15+. The molecule has 0 spiro atoms. The molecular weight excluding hydrogens is 523 g/mol. The number of thiophene rings is 1. The number of carbonyl (C=O) groups is 2. The molecule has 6 nitrogen and oxygen atoms in total. The van der Waals surface area contributed by atoms with Gasteiger partial charge < -0.3 is 10.6 Å². The Morgan fingerprint density at radius 1 is 1.00 bits per heavy atom. The fraction of sp³-hybridized carbons (Fsp3) is 0.0938. The van der Waals surface area contributed by atoms with Gasteiger partial charge in [0.2, 0.25) is 5.91 Å². The van der Waals surface area contributed by atoms with Crippen molar-refractivity contribution in [3.05, 3.63) is 131 Å². The lowest BCUT2D eigenvalue weighted by Gasteiger charge is -2.16. The average Bonchev–Trinajstić information content (AvgIpc) is 3.65. The van der Waals surface area contributed by atoms with E-state index in [0.29, 0.717) is 0 Å². The van der Waals surface area contributed by atoms with Crippen molar-refractivity contribution < 1.29 is 14.0 Å². The maximum Gasteiger partial charge on any atom is 0.251 e. The summed E-state index contributed by atoms with van der Waals surface area (Å²) < 4.78 is 16.5. The van der Waals surface area contributed by atoms with Crippen LogP contribution in [0.5, 0.6) is 0 Å². The molecular formula is C32H27FN4O2S. The number of aromatic nitrogens is 2. The van der Waals surface area contributed by atoms with Crippen molar-refractivity contribution in [2.24, 2.45) is 0 Å². The first-order chi connectivity index (χ1) is 19.4. The van der Waals surface area contributed by atoms with E-state index in [1.165, 1.54) is 18.2 Å². The molecule has 5 aromatic rings. The molecule has 8 heteroatoms. The Kier molecular flexibility index (Phi) is 7.98. The normalized spacial score (nSPS) is 11.9. The first-order valence-electron chi connectivity index (χ1n) is 12.7. The number of benzene rings is 3. The van der Waals surface area contributed by atoms with E-state index in [1.54, 1.807) is 29.0 Å². The minimum atomic E-state index is -0.580. The maximum absolute atomic E-state index is 14.8. The van der Waals surface area contributed by atoms with Crippen molar-refractivity contribution in [2.75, 3.05) is 5.32 Å². The zero-order valence-electron chi connectivity index (χ0n) is 22.0. The smallest absolute Gasteiger partial charge is 0.251 e. The predicted octanol–water partition coefficient (Wildman–Crippen LogP) is 7.19. The number of rotatable bonds is 8. The van der Waals surface area contributed by atoms with Gasteiger partial charge in [0.25, 0.3) is 5.91 Å². The monoisotopic (exact) mass is 550 g/mol. The number of carbonyl (C=O) groups excluding carboxylic acids is 2. The zero-order valence-corrected chi connectivity index (χ0v) is 22.8. The first kappa shape index (κ1) is 26.8. The fourth-order valence-electron chi connectivity index (χ4n) is 4.21. The molecule has 1 atom stereocenters. The molecule has 3 aromatic carbocycles. The summed E-state index contributed by atoms with van der Waals surface area (Å²) >= 11 is 1.56. The van der Waals surface area contributed by atoms with Crippen molar-refractivity contribution >= 4 is 34.9 Å². The Bertz CT molecular complexity index is 1660. The minimum Gasteiger partial charge on any atom is -0.346 e. The molecule has 0 bridgehead atoms. The molecule has 200 valence electrons. The van der Waals surface area contributed by atoms with Crippen LogP contribution in [0.4, 0.5) is 10.1 Å². The largest absolute Gasteiger partial charge is 0.346 e. The Labute approximate surface area is 235 Å². The molecule has 0 fully saturated rings. The van der Waals surface area contributed by atoms with Gasteiger partial charge in [0.1, 0.15) is 11.5 Å².